The molecule has 116 valence electrons. The van der Waals surface area contributed by atoms with Gasteiger partial charge in [0.05, 0.1) is 0 Å². The van der Waals surface area contributed by atoms with Crippen LogP contribution in [-0.4, -0.2) is 18.7 Å². The molecule has 0 saturated carbocycles. The third kappa shape index (κ3) is 2.12. The van der Waals surface area contributed by atoms with Crippen LogP contribution in [0.1, 0.15) is 11.1 Å². The molecule has 0 N–H and O–H groups in total. The van der Waals surface area contributed by atoms with Crippen LogP contribution in [0.25, 0.3) is 16.6 Å². The summed E-state index contributed by atoms with van der Waals surface area (Å²) in [4.78, 5) is 4.43. The van der Waals surface area contributed by atoms with E-state index >= 15 is 0 Å². The van der Waals surface area contributed by atoms with Gasteiger partial charge in [-0.3, -0.25) is 0 Å². The summed E-state index contributed by atoms with van der Waals surface area (Å²) in [5.74, 6) is 0. The minimum Gasteiger partial charge on any atom is -0.378 e. The number of aryl methyl sites for hydroxylation is 1. The van der Waals surface area contributed by atoms with Crippen molar-refractivity contribution in [2.75, 3.05) is 23.9 Å². The van der Waals surface area contributed by atoms with E-state index < -0.39 is 0 Å². The average molecular weight is 303 g/mol. The topological polar surface area (TPSA) is 11.4 Å². The van der Waals surface area contributed by atoms with Crippen LogP contribution >= 0.6 is 0 Å². The lowest BCUT2D eigenvalue weighted by molar-refractivity contribution is 0.968. The van der Waals surface area contributed by atoms with Gasteiger partial charge in [-0.05, 0) is 42.0 Å². The summed E-state index contributed by atoms with van der Waals surface area (Å²) < 4.78 is 2.15. The van der Waals surface area contributed by atoms with Crippen molar-refractivity contribution in [1.29, 1.82) is 0 Å². The first kappa shape index (κ1) is 13.9. The Morgan fingerprint density at radius 1 is 1.04 bits per heavy atom. The number of nitrogens with zero attached hydrogens (tertiary/aromatic N) is 3. The van der Waals surface area contributed by atoms with E-state index in [0.717, 1.165) is 12.2 Å². The number of anilines is 2. The van der Waals surface area contributed by atoms with Crippen LogP contribution in [0, 0.1) is 0 Å². The molecule has 3 nitrogen and oxygen atoms in total. The first-order valence-corrected chi connectivity index (χ1v) is 7.87. The number of rotatable bonds is 2. The molecular formula is C20H21N3. The van der Waals surface area contributed by atoms with Gasteiger partial charge in [0.15, 0.2) is 0 Å². The molecule has 0 saturated heterocycles. The van der Waals surface area contributed by atoms with Gasteiger partial charge in [0, 0.05) is 67.4 Å². The van der Waals surface area contributed by atoms with Crippen molar-refractivity contribution in [2.45, 2.75) is 6.54 Å². The van der Waals surface area contributed by atoms with Crippen LogP contribution in [0.4, 0.5) is 11.4 Å². The second-order valence-electron chi connectivity index (χ2n) is 6.44. The summed E-state index contributed by atoms with van der Waals surface area (Å²) in [6.07, 6.45) is 2.10. The number of hydrogen-bond donors (Lipinski definition) is 0. The van der Waals surface area contributed by atoms with Crippen LogP contribution in [-0.2, 0) is 13.6 Å². The Bertz CT molecular complexity index is 918. The van der Waals surface area contributed by atoms with Crippen molar-refractivity contribution in [2.24, 2.45) is 7.05 Å². The van der Waals surface area contributed by atoms with Crippen molar-refractivity contribution in [3.8, 4) is 0 Å². The highest BCUT2D eigenvalue weighted by molar-refractivity contribution is 5.90. The molecule has 3 heteroatoms. The van der Waals surface area contributed by atoms with Gasteiger partial charge in [0.2, 0.25) is 0 Å². The maximum Gasteiger partial charge on any atom is 0.0488 e. The molecule has 0 atom stereocenters. The Morgan fingerprint density at radius 2 is 1.87 bits per heavy atom. The molecule has 2 heterocycles. The molecule has 0 radical (unpaired) electrons. The summed E-state index contributed by atoms with van der Waals surface area (Å²) in [6, 6.07) is 15.4. The van der Waals surface area contributed by atoms with E-state index in [1.165, 1.54) is 33.4 Å². The SMILES string of the molecule is C=C1c2cc(N(C)C)ccc2CN1c1ccc2c(ccn2C)c1. The van der Waals surface area contributed by atoms with Crippen molar-refractivity contribution in [3.05, 3.63) is 66.4 Å². The third-order valence-corrected chi connectivity index (χ3v) is 4.76. The van der Waals surface area contributed by atoms with Gasteiger partial charge in [0.25, 0.3) is 0 Å². The van der Waals surface area contributed by atoms with Crippen LogP contribution in [0.5, 0.6) is 0 Å². The number of fused-ring (bicyclic) bond motifs is 2. The molecule has 1 aliphatic rings. The molecule has 0 fully saturated rings. The molecule has 4 rings (SSSR count). The molecule has 0 unspecified atom stereocenters. The zero-order valence-corrected chi connectivity index (χ0v) is 13.9. The van der Waals surface area contributed by atoms with E-state index in [-0.39, 0.29) is 0 Å². The van der Waals surface area contributed by atoms with Crippen LogP contribution in [0.15, 0.2) is 55.2 Å². The van der Waals surface area contributed by atoms with Gasteiger partial charge < -0.3 is 14.4 Å². The lowest BCUT2D eigenvalue weighted by atomic mass is 10.1. The third-order valence-electron chi connectivity index (χ3n) is 4.76. The minimum atomic E-state index is 0.889. The molecule has 23 heavy (non-hydrogen) atoms. The van der Waals surface area contributed by atoms with Gasteiger partial charge in [0.1, 0.15) is 0 Å². The fourth-order valence-corrected chi connectivity index (χ4v) is 3.34. The van der Waals surface area contributed by atoms with Gasteiger partial charge >= 0.3 is 0 Å². The number of hydrogen-bond acceptors (Lipinski definition) is 2. The van der Waals surface area contributed by atoms with Crippen molar-refractivity contribution in [1.82, 2.24) is 4.57 Å². The highest BCUT2D eigenvalue weighted by Gasteiger charge is 2.24. The van der Waals surface area contributed by atoms with Crippen molar-refractivity contribution >= 4 is 28.0 Å². The zero-order valence-electron chi connectivity index (χ0n) is 13.9. The molecule has 0 bridgehead atoms. The Balaban J connectivity index is 1.74. The van der Waals surface area contributed by atoms with Crippen LogP contribution in [0.2, 0.25) is 0 Å². The zero-order chi connectivity index (χ0) is 16.1. The normalized spacial score (nSPS) is 13.7. The van der Waals surface area contributed by atoms with Crippen molar-refractivity contribution < 1.29 is 0 Å². The summed E-state index contributed by atoms with van der Waals surface area (Å²) >= 11 is 0. The Labute approximate surface area is 137 Å². The lowest BCUT2D eigenvalue weighted by Crippen LogP contribution is -2.12. The standard InChI is InChI=1S/C20H21N3/c1-14-19-12-17(21(2)3)6-5-16(19)13-23(14)18-7-8-20-15(11-18)9-10-22(20)4/h5-12H,1,13H2,2-4H3. The van der Waals surface area contributed by atoms with Crippen LogP contribution in [0.3, 0.4) is 0 Å². The van der Waals surface area contributed by atoms with E-state index in [2.05, 4.69) is 90.8 Å². The maximum absolute atomic E-state index is 4.34. The number of benzene rings is 2. The Kier molecular flexibility index (Phi) is 2.98. The fraction of sp³-hybridized carbons (Fsp3) is 0.200. The molecule has 1 aromatic heterocycles. The maximum atomic E-state index is 4.34. The minimum absolute atomic E-state index is 0.889. The molecule has 0 spiro atoms. The van der Waals surface area contributed by atoms with Gasteiger partial charge in [-0.25, -0.2) is 0 Å². The summed E-state index contributed by atoms with van der Waals surface area (Å²) in [5.41, 5.74) is 7.35. The molecule has 0 amide bonds. The lowest BCUT2D eigenvalue weighted by Gasteiger charge is -2.20. The molecule has 3 aromatic rings. The summed E-state index contributed by atoms with van der Waals surface area (Å²) in [6.45, 7) is 5.23. The predicted octanol–water partition coefficient (Wildman–Crippen LogP) is 4.24. The van der Waals surface area contributed by atoms with E-state index in [1.807, 2.05) is 0 Å². The fourth-order valence-electron chi connectivity index (χ4n) is 3.34. The van der Waals surface area contributed by atoms with Gasteiger partial charge in [-0.15, -0.1) is 0 Å². The van der Waals surface area contributed by atoms with Crippen LogP contribution < -0.4 is 9.80 Å². The monoisotopic (exact) mass is 303 g/mol. The van der Waals surface area contributed by atoms with E-state index in [0.29, 0.717) is 0 Å². The Hall–Kier alpha value is -2.68. The highest BCUT2D eigenvalue weighted by atomic mass is 15.2. The first-order chi connectivity index (χ1) is 11.0. The summed E-state index contributed by atoms with van der Waals surface area (Å²) in [7, 11) is 6.22. The smallest absolute Gasteiger partial charge is 0.0488 e. The van der Waals surface area contributed by atoms with E-state index in [4.69, 9.17) is 0 Å². The largest absolute Gasteiger partial charge is 0.378 e. The molecular weight excluding hydrogens is 282 g/mol. The molecule has 2 aromatic carbocycles. The van der Waals surface area contributed by atoms with Gasteiger partial charge in [-0.1, -0.05) is 12.6 Å². The summed E-state index contributed by atoms with van der Waals surface area (Å²) in [5, 5.41) is 1.27. The second-order valence-corrected chi connectivity index (χ2v) is 6.44. The van der Waals surface area contributed by atoms with Gasteiger partial charge in [-0.2, -0.15) is 0 Å². The van der Waals surface area contributed by atoms with Crippen molar-refractivity contribution in [3.63, 3.8) is 0 Å². The highest BCUT2D eigenvalue weighted by Crippen LogP contribution is 2.38. The van der Waals surface area contributed by atoms with E-state index in [9.17, 15) is 0 Å². The predicted molar refractivity (Wildman–Crippen MR) is 98.9 cm³/mol. The molecule has 1 aliphatic heterocycles. The number of aromatic nitrogens is 1. The average Bonchev–Trinajstić information content (AvgIpc) is 3.08. The quantitative estimate of drug-likeness (QED) is 0.701. The first-order valence-electron chi connectivity index (χ1n) is 7.87. The van der Waals surface area contributed by atoms with E-state index in [1.54, 1.807) is 0 Å². The molecule has 0 aliphatic carbocycles. The second kappa shape index (κ2) is 4.92. The Morgan fingerprint density at radius 3 is 2.65 bits per heavy atom.